The molecule has 0 fully saturated rings. The molecule has 0 bridgehead atoms. The van der Waals surface area contributed by atoms with Crippen LogP contribution in [0.25, 0.3) is 0 Å². The van der Waals surface area contributed by atoms with Gasteiger partial charge >= 0.3 is 0 Å². The fraction of sp³-hybridized carbons (Fsp3) is 0.364. The molecule has 0 saturated carbocycles. The topological polar surface area (TPSA) is 72.2 Å². The number of hydrogen-bond acceptors (Lipinski definition) is 3. The van der Waals surface area contributed by atoms with Crippen molar-refractivity contribution in [2.45, 2.75) is 19.3 Å². The average Bonchev–Trinajstić information content (AvgIpc) is 2.38. The fourth-order valence-electron chi connectivity index (χ4n) is 1.28. The standard InChI is InChI=1S/C11H10ClF3N2O3/c1-2-11(14,15)5-16-10(18)7-3-6(17(19)20)4-8(13)9(7)12/h3-4H,2,5H2,1H3,(H,16,18). The van der Waals surface area contributed by atoms with E-state index < -0.39 is 51.8 Å². The number of alkyl halides is 2. The van der Waals surface area contributed by atoms with Crippen LogP contribution in [0.15, 0.2) is 12.1 Å². The first-order valence-corrected chi connectivity index (χ1v) is 5.85. The first-order valence-electron chi connectivity index (χ1n) is 5.47. The maximum atomic E-state index is 13.3. The van der Waals surface area contributed by atoms with Gasteiger partial charge in [-0.3, -0.25) is 14.9 Å². The first-order chi connectivity index (χ1) is 9.18. The van der Waals surface area contributed by atoms with Crippen LogP contribution in [-0.2, 0) is 0 Å². The molecule has 0 radical (unpaired) electrons. The Kier molecular flexibility index (Phi) is 4.93. The highest BCUT2D eigenvalue weighted by atomic mass is 35.5. The molecule has 0 aliphatic carbocycles. The van der Waals surface area contributed by atoms with Crippen LogP contribution in [0.1, 0.15) is 23.7 Å². The van der Waals surface area contributed by atoms with Gasteiger partial charge in [0.1, 0.15) is 5.82 Å². The summed E-state index contributed by atoms with van der Waals surface area (Å²) < 4.78 is 39.3. The van der Waals surface area contributed by atoms with E-state index in [1.807, 2.05) is 5.32 Å². The summed E-state index contributed by atoms with van der Waals surface area (Å²) in [6.45, 7) is 0.259. The van der Waals surface area contributed by atoms with Crippen molar-refractivity contribution >= 4 is 23.2 Å². The van der Waals surface area contributed by atoms with Crippen LogP contribution in [0.4, 0.5) is 18.9 Å². The van der Waals surface area contributed by atoms with Crippen LogP contribution in [0.5, 0.6) is 0 Å². The van der Waals surface area contributed by atoms with E-state index in [2.05, 4.69) is 0 Å². The molecular weight excluding hydrogens is 301 g/mol. The molecule has 1 aromatic carbocycles. The lowest BCUT2D eigenvalue weighted by Gasteiger charge is -2.15. The van der Waals surface area contributed by atoms with Gasteiger partial charge in [0.05, 0.1) is 28.1 Å². The molecule has 110 valence electrons. The number of nitrogens with zero attached hydrogens (tertiary/aromatic N) is 1. The van der Waals surface area contributed by atoms with Crippen molar-refractivity contribution in [2.24, 2.45) is 0 Å². The van der Waals surface area contributed by atoms with E-state index >= 15 is 0 Å². The number of nitro groups is 1. The quantitative estimate of drug-likeness (QED) is 0.670. The number of carbonyl (C=O) groups is 1. The largest absolute Gasteiger partial charge is 0.346 e. The summed E-state index contributed by atoms with van der Waals surface area (Å²) in [5.74, 6) is -5.40. The lowest BCUT2D eigenvalue weighted by atomic mass is 10.1. The zero-order valence-electron chi connectivity index (χ0n) is 10.3. The third kappa shape index (κ3) is 3.83. The van der Waals surface area contributed by atoms with Crippen molar-refractivity contribution in [3.63, 3.8) is 0 Å². The van der Waals surface area contributed by atoms with Crippen LogP contribution in [0, 0.1) is 15.9 Å². The molecule has 1 aromatic rings. The van der Waals surface area contributed by atoms with Gasteiger partial charge in [-0.1, -0.05) is 18.5 Å². The number of rotatable bonds is 5. The highest BCUT2D eigenvalue weighted by Gasteiger charge is 2.28. The molecule has 0 atom stereocenters. The lowest BCUT2D eigenvalue weighted by molar-refractivity contribution is -0.385. The normalized spacial score (nSPS) is 11.2. The van der Waals surface area contributed by atoms with Crippen LogP contribution in [0.2, 0.25) is 5.02 Å². The van der Waals surface area contributed by atoms with Gasteiger partial charge in [-0.2, -0.15) is 0 Å². The predicted octanol–water partition coefficient (Wildman–Crippen LogP) is 3.16. The van der Waals surface area contributed by atoms with Gasteiger partial charge in [0.15, 0.2) is 0 Å². The summed E-state index contributed by atoms with van der Waals surface area (Å²) >= 11 is 5.50. The minimum atomic E-state index is -3.12. The zero-order chi connectivity index (χ0) is 15.5. The van der Waals surface area contributed by atoms with Crippen molar-refractivity contribution in [1.29, 1.82) is 0 Å². The smallest absolute Gasteiger partial charge is 0.273 e. The SMILES string of the molecule is CCC(F)(F)CNC(=O)c1cc([N+](=O)[O-])cc(F)c1Cl. The maximum Gasteiger partial charge on any atom is 0.273 e. The summed E-state index contributed by atoms with van der Waals surface area (Å²) in [6.07, 6.45) is -0.496. The molecule has 20 heavy (non-hydrogen) atoms. The second-order valence-electron chi connectivity index (χ2n) is 3.94. The Labute approximate surface area is 116 Å². The van der Waals surface area contributed by atoms with Gasteiger partial charge in [0, 0.05) is 12.5 Å². The molecular formula is C11H10ClF3N2O3. The van der Waals surface area contributed by atoms with Crippen LogP contribution >= 0.6 is 11.6 Å². The highest BCUT2D eigenvalue weighted by Crippen LogP contribution is 2.26. The molecule has 0 aliphatic heterocycles. The molecule has 0 spiro atoms. The Morgan fingerprint density at radius 2 is 2.10 bits per heavy atom. The molecule has 1 amide bonds. The second-order valence-corrected chi connectivity index (χ2v) is 4.32. The average molecular weight is 311 g/mol. The van der Waals surface area contributed by atoms with Crippen LogP contribution in [-0.4, -0.2) is 23.3 Å². The molecule has 0 aliphatic rings. The third-order valence-corrected chi connectivity index (χ3v) is 2.88. The highest BCUT2D eigenvalue weighted by molar-refractivity contribution is 6.34. The van der Waals surface area contributed by atoms with E-state index in [0.717, 1.165) is 6.07 Å². The molecule has 1 rings (SSSR count). The molecule has 5 nitrogen and oxygen atoms in total. The summed E-state index contributed by atoms with van der Waals surface area (Å²) in [4.78, 5) is 21.3. The van der Waals surface area contributed by atoms with Crippen LogP contribution < -0.4 is 5.32 Å². The Bertz CT molecular complexity index is 552. The van der Waals surface area contributed by atoms with Crippen molar-refractivity contribution < 1.29 is 22.9 Å². The molecule has 0 unspecified atom stereocenters. The van der Waals surface area contributed by atoms with Gasteiger partial charge < -0.3 is 5.32 Å². The Morgan fingerprint density at radius 1 is 1.50 bits per heavy atom. The molecule has 0 aromatic heterocycles. The predicted molar refractivity (Wildman–Crippen MR) is 65.6 cm³/mol. The van der Waals surface area contributed by atoms with E-state index in [9.17, 15) is 28.1 Å². The van der Waals surface area contributed by atoms with Gasteiger partial charge in [0.2, 0.25) is 0 Å². The van der Waals surface area contributed by atoms with E-state index in [4.69, 9.17) is 11.6 Å². The van der Waals surface area contributed by atoms with Crippen molar-refractivity contribution in [3.8, 4) is 0 Å². The van der Waals surface area contributed by atoms with Crippen molar-refractivity contribution in [2.75, 3.05) is 6.54 Å². The number of nitrogens with one attached hydrogen (secondary N) is 1. The number of carbonyl (C=O) groups excluding carboxylic acids is 1. The van der Waals surface area contributed by atoms with Gasteiger partial charge in [-0.15, -0.1) is 0 Å². The zero-order valence-corrected chi connectivity index (χ0v) is 11.0. The lowest BCUT2D eigenvalue weighted by Crippen LogP contribution is -2.36. The minimum Gasteiger partial charge on any atom is -0.346 e. The summed E-state index contributed by atoms with van der Waals surface area (Å²) in [7, 11) is 0. The molecule has 9 heteroatoms. The Morgan fingerprint density at radius 3 is 2.60 bits per heavy atom. The minimum absolute atomic E-state index is 0.496. The number of non-ortho nitro benzene ring substituents is 1. The first kappa shape index (κ1) is 16.2. The van der Waals surface area contributed by atoms with Crippen LogP contribution in [0.3, 0.4) is 0 Å². The summed E-state index contributed by atoms with van der Waals surface area (Å²) in [5.41, 5.74) is -1.26. The number of amides is 1. The van der Waals surface area contributed by atoms with Gasteiger partial charge in [0.25, 0.3) is 17.5 Å². The maximum absolute atomic E-state index is 13.3. The number of hydrogen-bond donors (Lipinski definition) is 1. The van der Waals surface area contributed by atoms with E-state index in [-0.39, 0.29) is 0 Å². The van der Waals surface area contributed by atoms with E-state index in [1.165, 1.54) is 6.92 Å². The van der Waals surface area contributed by atoms with Crippen molar-refractivity contribution in [3.05, 3.63) is 38.7 Å². The van der Waals surface area contributed by atoms with E-state index in [1.54, 1.807) is 0 Å². The van der Waals surface area contributed by atoms with Gasteiger partial charge in [-0.05, 0) is 0 Å². The number of nitro benzene ring substituents is 1. The van der Waals surface area contributed by atoms with Gasteiger partial charge in [-0.25, -0.2) is 13.2 Å². The molecule has 1 N–H and O–H groups in total. The molecule has 0 heterocycles. The Hall–Kier alpha value is -1.83. The summed E-state index contributed by atoms with van der Waals surface area (Å²) in [6, 6.07) is 1.27. The second kappa shape index (κ2) is 6.08. The third-order valence-electron chi connectivity index (χ3n) is 2.49. The van der Waals surface area contributed by atoms with Crippen molar-refractivity contribution in [1.82, 2.24) is 5.32 Å². The fourth-order valence-corrected chi connectivity index (χ4v) is 1.47. The monoisotopic (exact) mass is 310 g/mol. The number of halogens is 4. The van der Waals surface area contributed by atoms with E-state index in [0.29, 0.717) is 6.07 Å². The summed E-state index contributed by atoms with van der Waals surface area (Å²) in [5, 5.41) is 11.7. The molecule has 0 saturated heterocycles. The Balaban J connectivity index is 3.01. The number of benzene rings is 1.